The molecule has 0 radical (unpaired) electrons. The molecule has 7 nitrogen and oxygen atoms in total. The van der Waals surface area contributed by atoms with Crippen LogP contribution in [0.2, 0.25) is 0 Å². The summed E-state index contributed by atoms with van der Waals surface area (Å²) in [6, 6.07) is 12.9. The van der Waals surface area contributed by atoms with Gasteiger partial charge in [-0.3, -0.25) is 13.8 Å². The van der Waals surface area contributed by atoms with Crippen molar-refractivity contribution in [3.63, 3.8) is 0 Å². The summed E-state index contributed by atoms with van der Waals surface area (Å²) >= 11 is 1.35. The first-order valence-electron chi connectivity index (χ1n) is 9.67. The average molecular weight is 430 g/mol. The van der Waals surface area contributed by atoms with Crippen LogP contribution < -0.4 is 5.56 Å². The quantitative estimate of drug-likeness (QED) is 0.402. The van der Waals surface area contributed by atoms with Crippen molar-refractivity contribution in [2.24, 2.45) is 0 Å². The maximum atomic E-state index is 12.6. The number of benzene rings is 2. The summed E-state index contributed by atoms with van der Waals surface area (Å²) in [4.78, 5) is 34.0. The molecule has 0 fully saturated rings. The summed E-state index contributed by atoms with van der Waals surface area (Å²) in [7, 11) is 0. The predicted molar refractivity (Wildman–Crippen MR) is 119 cm³/mol. The minimum atomic E-state index is -0.489. The first-order chi connectivity index (χ1) is 15.0. The zero-order valence-electron chi connectivity index (χ0n) is 16.9. The molecule has 0 bridgehead atoms. The number of aromatic nitrogens is 4. The summed E-state index contributed by atoms with van der Waals surface area (Å²) in [5, 5.41) is 1.78. The molecule has 0 spiro atoms. The number of hydrogen-bond donors (Lipinski definition) is 0. The first kappa shape index (κ1) is 19.2. The highest BCUT2D eigenvalue weighted by atomic mass is 32.1. The topological polar surface area (TPSA) is 78.5 Å². The molecule has 0 aliphatic carbocycles. The minimum absolute atomic E-state index is 0.0720. The molecule has 8 heteroatoms. The van der Waals surface area contributed by atoms with E-state index in [-0.39, 0.29) is 12.2 Å². The van der Waals surface area contributed by atoms with Gasteiger partial charge in [-0.15, -0.1) is 11.3 Å². The van der Waals surface area contributed by atoms with Crippen LogP contribution in [0.1, 0.15) is 27.2 Å². The molecule has 0 amide bonds. The number of fused-ring (bicyclic) bond motifs is 2. The number of thiazole rings is 1. The Morgan fingerprint density at radius 2 is 2.00 bits per heavy atom. The Morgan fingerprint density at radius 1 is 1.13 bits per heavy atom. The minimum Gasteiger partial charge on any atom is -0.456 e. The number of aryl methyl sites for hydroxylation is 2. The van der Waals surface area contributed by atoms with Gasteiger partial charge in [-0.2, -0.15) is 0 Å². The third-order valence-corrected chi connectivity index (χ3v) is 5.87. The van der Waals surface area contributed by atoms with Gasteiger partial charge >= 0.3 is 5.97 Å². The Hall–Kier alpha value is -3.78. The van der Waals surface area contributed by atoms with Gasteiger partial charge in [0.15, 0.2) is 4.96 Å². The standard InChI is InChI=1S/C23H18N4O3S/c1-14-3-4-15(2)20(9-14)27-13-24-18-10-16(5-6-19(18)27)22(29)30-12-17-11-21(28)26-7-8-31-23(26)25-17/h3-11,13H,12H2,1-2H3. The molecule has 31 heavy (non-hydrogen) atoms. The second kappa shape index (κ2) is 7.48. The lowest BCUT2D eigenvalue weighted by molar-refractivity contribution is 0.0468. The molecule has 3 heterocycles. The molecule has 3 aromatic heterocycles. The van der Waals surface area contributed by atoms with Gasteiger partial charge in [0.1, 0.15) is 12.9 Å². The van der Waals surface area contributed by atoms with Gasteiger partial charge in [-0.25, -0.2) is 14.8 Å². The zero-order valence-corrected chi connectivity index (χ0v) is 17.7. The highest BCUT2D eigenvalue weighted by Crippen LogP contribution is 2.23. The number of ether oxygens (including phenoxy) is 1. The monoisotopic (exact) mass is 430 g/mol. The number of esters is 1. The highest BCUT2D eigenvalue weighted by molar-refractivity contribution is 7.15. The molecule has 0 aliphatic rings. The average Bonchev–Trinajstić information content (AvgIpc) is 3.40. The van der Waals surface area contributed by atoms with Crippen LogP contribution >= 0.6 is 11.3 Å². The molecular weight excluding hydrogens is 412 g/mol. The molecule has 5 aromatic rings. The van der Waals surface area contributed by atoms with Gasteiger partial charge in [0.05, 0.1) is 28.0 Å². The summed E-state index contributed by atoms with van der Waals surface area (Å²) in [6.45, 7) is 4.03. The lowest BCUT2D eigenvalue weighted by Gasteiger charge is -2.09. The summed E-state index contributed by atoms with van der Waals surface area (Å²) in [5.41, 5.74) is 5.58. The second-order valence-electron chi connectivity index (χ2n) is 7.33. The van der Waals surface area contributed by atoms with Gasteiger partial charge in [-0.1, -0.05) is 12.1 Å². The van der Waals surface area contributed by atoms with Crippen LogP contribution in [0, 0.1) is 13.8 Å². The summed E-state index contributed by atoms with van der Waals surface area (Å²) in [6.07, 6.45) is 3.42. The normalized spacial score (nSPS) is 11.3. The van der Waals surface area contributed by atoms with Crippen molar-refractivity contribution in [3.8, 4) is 5.69 Å². The Morgan fingerprint density at radius 3 is 2.87 bits per heavy atom. The van der Waals surface area contributed by atoms with Crippen molar-refractivity contribution in [2.45, 2.75) is 20.5 Å². The van der Waals surface area contributed by atoms with Crippen LogP contribution in [0.3, 0.4) is 0 Å². The van der Waals surface area contributed by atoms with Crippen molar-refractivity contribution in [1.29, 1.82) is 0 Å². The van der Waals surface area contributed by atoms with E-state index in [1.54, 1.807) is 30.0 Å². The largest absolute Gasteiger partial charge is 0.456 e. The van der Waals surface area contributed by atoms with Gasteiger partial charge in [0.25, 0.3) is 5.56 Å². The number of imidazole rings is 1. The second-order valence-corrected chi connectivity index (χ2v) is 8.20. The van der Waals surface area contributed by atoms with Crippen molar-refractivity contribution in [1.82, 2.24) is 18.9 Å². The number of hydrogen-bond acceptors (Lipinski definition) is 6. The van der Waals surface area contributed by atoms with Crippen molar-refractivity contribution in [2.75, 3.05) is 0 Å². The van der Waals surface area contributed by atoms with E-state index in [1.165, 1.54) is 21.8 Å². The van der Waals surface area contributed by atoms with Crippen LogP contribution in [0.5, 0.6) is 0 Å². The lowest BCUT2D eigenvalue weighted by Crippen LogP contribution is -2.14. The molecule has 0 atom stereocenters. The molecule has 0 N–H and O–H groups in total. The molecular formula is C23H18N4O3S. The van der Waals surface area contributed by atoms with Crippen LogP contribution in [0.4, 0.5) is 0 Å². The van der Waals surface area contributed by atoms with E-state index in [2.05, 4.69) is 42.0 Å². The van der Waals surface area contributed by atoms with E-state index in [4.69, 9.17) is 4.74 Å². The zero-order chi connectivity index (χ0) is 21.5. The summed E-state index contributed by atoms with van der Waals surface area (Å²) < 4.78 is 8.86. The Balaban J connectivity index is 1.39. The molecule has 0 unspecified atom stereocenters. The number of nitrogens with zero attached hydrogens (tertiary/aromatic N) is 4. The van der Waals surface area contributed by atoms with E-state index >= 15 is 0 Å². The molecule has 0 saturated heterocycles. The number of rotatable bonds is 4. The van der Waals surface area contributed by atoms with Gasteiger partial charge in [0.2, 0.25) is 0 Å². The third kappa shape index (κ3) is 3.51. The smallest absolute Gasteiger partial charge is 0.338 e. The van der Waals surface area contributed by atoms with Gasteiger partial charge < -0.3 is 4.74 Å². The van der Waals surface area contributed by atoms with Gasteiger partial charge in [0, 0.05) is 17.6 Å². The van der Waals surface area contributed by atoms with Gasteiger partial charge in [-0.05, 0) is 49.2 Å². The number of carbonyl (C=O) groups excluding carboxylic acids is 1. The third-order valence-electron chi connectivity index (χ3n) is 5.11. The van der Waals surface area contributed by atoms with E-state index in [9.17, 15) is 9.59 Å². The SMILES string of the molecule is Cc1ccc(C)c(-n2cnc3cc(C(=O)OCc4cc(=O)n5ccsc5n4)ccc32)c1. The molecule has 0 aliphatic heterocycles. The molecule has 154 valence electrons. The molecule has 2 aromatic carbocycles. The van der Waals surface area contributed by atoms with Crippen LogP contribution in [0.25, 0.3) is 21.7 Å². The Kier molecular flexibility index (Phi) is 4.63. The molecule has 5 rings (SSSR count). The van der Waals surface area contributed by atoms with E-state index in [0.717, 1.165) is 22.3 Å². The van der Waals surface area contributed by atoms with Crippen LogP contribution in [-0.4, -0.2) is 24.9 Å². The van der Waals surface area contributed by atoms with Crippen LogP contribution in [-0.2, 0) is 11.3 Å². The Bertz CT molecular complexity index is 1510. The maximum absolute atomic E-state index is 12.6. The van der Waals surface area contributed by atoms with Crippen LogP contribution in [0.15, 0.2) is 65.2 Å². The van der Waals surface area contributed by atoms with E-state index in [0.29, 0.717) is 21.7 Å². The fraction of sp³-hybridized carbons (Fsp3) is 0.130. The fourth-order valence-corrected chi connectivity index (χ4v) is 4.23. The first-order valence-corrected chi connectivity index (χ1v) is 10.6. The van der Waals surface area contributed by atoms with Crippen molar-refractivity contribution >= 4 is 33.3 Å². The fourth-order valence-electron chi connectivity index (χ4n) is 3.50. The van der Waals surface area contributed by atoms with E-state index < -0.39 is 5.97 Å². The number of carbonyl (C=O) groups is 1. The summed E-state index contributed by atoms with van der Waals surface area (Å²) in [5.74, 6) is -0.489. The Labute approximate surface area is 181 Å². The maximum Gasteiger partial charge on any atom is 0.338 e. The lowest BCUT2D eigenvalue weighted by atomic mass is 10.1. The molecule has 0 saturated carbocycles. The highest BCUT2D eigenvalue weighted by Gasteiger charge is 2.13. The predicted octanol–water partition coefficient (Wildman–Crippen LogP) is 4.07. The van der Waals surface area contributed by atoms with E-state index in [1.807, 2.05) is 10.6 Å². The van der Waals surface area contributed by atoms with Crippen molar-refractivity contribution < 1.29 is 9.53 Å². The van der Waals surface area contributed by atoms with Crippen molar-refractivity contribution in [3.05, 3.63) is 93.1 Å².